The van der Waals surface area contributed by atoms with E-state index in [0.717, 1.165) is 48.6 Å². The van der Waals surface area contributed by atoms with Gasteiger partial charge in [0.15, 0.2) is 17.6 Å². The second-order valence-electron chi connectivity index (χ2n) is 11.6. The average Bonchev–Trinajstić information content (AvgIpc) is 3.53. The number of benzene rings is 1. The van der Waals surface area contributed by atoms with Crippen LogP contribution in [0, 0.1) is 11.8 Å². The second kappa shape index (κ2) is 10.1. The number of hydroxylamine groups is 1. The predicted octanol–water partition coefficient (Wildman–Crippen LogP) is 6.08. The maximum Gasteiger partial charge on any atom is 0.427 e. The Morgan fingerprint density at radius 3 is 2.55 bits per heavy atom. The Balaban J connectivity index is 1.46. The Labute approximate surface area is 237 Å². The fourth-order valence-electron chi connectivity index (χ4n) is 6.57. The fraction of sp³-hybridized carbons (Fsp3) is 0.433. The van der Waals surface area contributed by atoms with E-state index in [2.05, 4.69) is 57.6 Å². The molecule has 1 amide bonds. The lowest BCUT2D eigenvalue weighted by Crippen LogP contribution is -2.39. The molecular weight excluding hydrogens is 526 g/mol. The van der Waals surface area contributed by atoms with Gasteiger partial charge >= 0.3 is 6.09 Å². The molecule has 1 aromatic carbocycles. The SMILES string of the molecule is CC1CCC(Cn2c(C3(c4ccccc4)CCC3)nc3nc(C4NOC(=O)N4)nc(-c4cncc(Cl)c4)c32)CC1. The highest BCUT2D eigenvalue weighted by molar-refractivity contribution is 6.30. The van der Waals surface area contributed by atoms with E-state index in [4.69, 9.17) is 31.4 Å². The first-order valence-electron chi connectivity index (χ1n) is 14.2. The Kier molecular flexibility index (Phi) is 6.43. The van der Waals surface area contributed by atoms with E-state index < -0.39 is 12.3 Å². The van der Waals surface area contributed by atoms with Crippen LogP contribution in [0.4, 0.5) is 4.79 Å². The van der Waals surface area contributed by atoms with Crippen molar-refractivity contribution in [2.24, 2.45) is 11.8 Å². The van der Waals surface area contributed by atoms with Gasteiger partial charge in [0.2, 0.25) is 0 Å². The first kappa shape index (κ1) is 25.4. The van der Waals surface area contributed by atoms with Crippen LogP contribution in [0.25, 0.3) is 22.4 Å². The quantitative estimate of drug-likeness (QED) is 0.296. The summed E-state index contributed by atoms with van der Waals surface area (Å²) in [7, 11) is 0. The topological polar surface area (TPSA) is 107 Å². The summed E-state index contributed by atoms with van der Waals surface area (Å²) in [5, 5.41) is 3.24. The molecule has 3 fully saturated rings. The van der Waals surface area contributed by atoms with Crippen LogP contribution in [0.3, 0.4) is 0 Å². The maximum atomic E-state index is 11.8. The summed E-state index contributed by atoms with van der Waals surface area (Å²) in [6.07, 6.45) is 10.2. The molecule has 4 aromatic rings. The Bertz CT molecular complexity index is 1560. The van der Waals surface area contributed by atoms with Crippen molar-refractivity contribution in [3.8, 4) is 11.3 Å². The summed E-state index contributed by atoms with van der Waals surface area (Å²) in [6.45, 7) is 3.21. The van der Waals surface area contributed by atoms with E-state index in [1.54, 1.807) is 12.4 Å². The van der Waals surface area contributed by atoms with Gasteiger partial charge in [0.25, 0.3) is 0 Å². The number of hydrogen-bond donors (Lipinski definition) is 2. The molecule has 2 N–H and O–H groups in total. The molecule has 4 heterocycles. The van der Waals surface area contributed by atoms with Crippen LogP contribution >= 0.6 is 11.6 Å². The minimum absolute atomic E-state index is 0.184. The first-order valence-corrected chi connectivity index (χ1v) is 14.6. The lowest BCUT2D eigenvalue weighted by Gasteiger charge is -2.42. The summed E-state index contributed by atoms with van der Waals surface area (Å²) in [5.41, 5.74) is 6.74. The van der Waals surface area contributed by atoms with Gasteiger partial charge in [-0.05, 0) is 49.1 Å². The van der Waals surface area contributed by atoms with Gasteiger partial charge in [-0.3, -0.25) is 10.3 Å². The number of halogens is 1. The summed E-state index contributed by atoms with van der Waals surface area (Å²) < 4.78 is 2.40. The number of carbonyl (C=O) groups is 1. The molecule has 1 aliphatic heterocycles. The maximum absolute atomic E-state index is 11.8. The van der Waals surface area contributed by atoms with E-state index in [-0.39, 0.29) is 5.41 Å². The van der Waals surface area contributed by atoms with Crippen LogP contribution in [0.15, 0.2) is 48.8 Å². The molecule has 10 heteroatoms. The van der Waals surface area contributed by atoms with Crippen molar-refractivity contribution in [1.82, 2.24) is 35.3 Å². The average molecular weight is 558 g/mol. The monoisotopic (exact) mass is 557 g/mol. The zero-order valence-electron chi connectivity index (χ0n) is 22.4. The normalized spacial score (nSPS) is 23.9. The van der Waals surface area contributed by atoms with Crippen LogP contribution < -0.4 is 10.8 Å². The molecule has 40 heavy (non-hydrogen) atoms. The zero-order valence-corrected chi connectivity index (χ0v) is 23.2. The molecule has 0 radical (unpaired) electrons. The van der Waals surface area contributed by atoms with Crippen LogP contribution in [0.5, 0.6) is 0 Å². The van der Waals surface area contributed by atoms with Crippen LogP contribution in [0.2, 0.25) is 5.02 Å². The Morgan fingerprint density at radius 2 is 1.88 bits per heavy atom. The van der Waals surface area contributed by atoms with Crippen molar-refractivity contribution in [3.63, 3.8) is 0 Å². The summed E-state index contributed by atoms with van der Waals surface area (Å²) in [4.78, 5) is 36.3. The molecule has 1 saturated heterocycles. The molecule has 2 saturated carbocycles. The molecular formula is C30H32ClN7O2. The third-order valence-corrected chi connectivity index (χ3v) is 9.13. The van der Waals surface area contributed by atoms with Crippen molar-refractivity contribution in [2.75, 3.05) is 0 Å². The number of fused-ring (bicyclic) bond motifs is 1. The molecule has 1 unspecified atom stereocenters. The summed E-state index contributed by atoms with van der Waals surface area (Å²) in [5.74, 6) is 2.74. The lowest BCUT2D eigenvalue weighted by molar-refractivity contribution is 0.120. The third kappa shape index (κ3) is 4.41. The lowest BCUT2D eigenvalue weighted by atomic mass is 9.63. The molecule has 3 aliphatic rings. The summed E-state index contributed by atoms with van der Waals surface area (Å²) >= 11 is 6.41. The van der Waals surface area contributed by atoms with Gasteiger partial charge < -0.3 is 9.40 Å². The van der Waals surface area contributed by atoms with Crippen molar-refractivity contribution in [2.45, 2.75) is 70.0 Å². The van der Waals surface area contributed by atoms with Gasteiger partial charge in [-0.2, -0.15) is 0 Å². The minimum atomic E-state index is -0.692. The van der Waals surface area contributed by atoms with Gasteiger partial charge in [-0.1, -0.05) is 68.1 Å². The highest BCUT2D eigenvalue weighted by Crippen LogP contribution is 2.50. The van der Waals surface area contributed by atoms with E-state index in [9.17, 15) is 4.79 Å². The molecule has 7 rings (SSSR count). The zero-order chi connectivity index (χ0) is 27.3. The van der Waals surface area contributed by atoms with Gasteiger partial charge in [0.05, 0.1) is 10.4 Å². The number of amides is 1. The molecule has 9 nitrogen and oxygen atoms in total. The molecule has 3 aromatic heterocycles. The highest BCUT2D eigenvalue weighted by atomic mass is 35.5. The van der Waals surface area contributed by atoms with Crippen molar-refractivity contribution in [3.05, 3.63) is 71.0 Å². The largest absolute Gasteiger partial charge is 0.427 e. The van der Waals surface area contributed by atoms with Crippen LogP contribution in [-0.2, 0) is 16.8 Å². The van der Waals surface area contributed by atoms with E-state index in [1.165, 1.54) is 31.2 Å². The molecule has 2 aliphatic carbocycles. The third-order valence-electron chi connectivity index (χ3n) is 8.93. The summed E-state index contributed by atoms with van der Waals surface area (Å²) in [6, 6.07) is 12.6. The Morgan fingerprint density at radius 1 is 1.07 bits per heavy atom. The number of nitrogens with zero attached hydrogens (tertiary/aromatic N) is 5. The number of carbonyl (C=O) groups excluding carboxylic acids is 1. The van der Waals surface area contributed by atoms with Crippen LogP contribution in [-0.4, -0.2) is 30.6 Å². The number of aromatic nitrogens is 5. The number of pyridine rings is 1. The number of nitrogens with one attached hydrogen (secondary N) is 2. The highest BCUT2D eigenvalue weighted by Gasteiger charge is 2.45. The predicted molar refractivity (Wildman–Crippen MR) is 151 cm³/mol. The minimum Gasteiger partial charge on any atom is -0.351 e. The first-order chi connectivity index (χ1) is 19.5. The number of rotatable bonds is 6. The molecule has 0 spiro atoms. The second-order valence-corrected chi connectivity index (χ2v) is 12.0. The number of imidazole rings is 1. The molecule has 1 atom stereocenters. The van der Waals surface area contributed by atoms with E-state index >= 15 is 0 Å². The van der Waals surface area contributed by atoms with E-state index in [1.807, 2.05) is 6.07 Å². The molecule has 0 bridgehead atoms. The fourth-order valence-corrected chi connectivity index (χ4v) is 6.75. The smallest absolute Gasteiger partial charge is 0.351 e. The van der Waals surface area contributed by atoms with E-state index in [0.29, 0.717) is 28.1 Å². The van der Waals surface area contributed by atoms with Crippen molar-refractivity contribution >= 4 is 28.9 Å². The van der Waals surface area contributed by atoms with Crippen molar-refractivity contribution < 1.29 is 9.63 Å². The molecule has 206 valence electrons. The van der Waals surface area contributed by atoms with Crippen LogP contribution in [0.1, 0.15) is 75.2 Å². The van der Waals surface area contributed by atoms with Gasteiger partial charge in [0.1, 0.15) is 17.0 Å². The standard InChI is InChI=1S/C30H32ClN7O2/c1-18-8-10-19(11-9-18)17-38-24-23(20-14-22(31)16-32-15-20)33-26(27-36-29(39)40-37-27)34-25(24)35-28(38)30(12-5-13-30)21-6-3-2-4-7-21/h2-4,6-7,14-16,18-19,27,37H,5,8-13,17H2,1H3,(H,36,39). The number of hydrogen-bond acceptors (Lipinski definition) is 7. The van der Waals surface area contributed by atoms with Gasteiger partial charge in [-0.15, -0.1) is 5.48 Å². The Hall–Kier alpha value is -3.56. The van der Waals surface area contributed by atoms with Gasteiger partial charge in [0, 0.05) is 24.5 Å². The van der Waals surface area contributed by atoms with Crippen molar-refractivity contribution in [1.29, 1.82) is 0 Å². The van der Waals surface area contributed by atoms with Gasteiger partial charge in [-0.25, -0.2) is 19.7 Å².